The van der Waals surface area contributed by atoms with Crippen molar-refractivity contribution in [3.05, 3.63) is 58.3 Å². The Balaban J connectivity index is 2.28. The Morgan fingerprint density at radius 2 is 1.87 bits per heavy atom. The first-order valence-electron chi connectivity index (χ1n) is 5.19. The van der Waals surface area contributed by atoms with Crippen LogP contribution in [0.4, 0.5) is 0 Å². The Morgan fingerprint density at radius 1 is 1.07 bits per heavy atom. The minimum atomic E-state index is 0.461. The molecule has 78 valence electrons. The first-order valence-corrected chi connectivity index (χ1v) is 6.13. The Kier molecular flexibility index (Phi) is 3.54. The maximum absolute atomic E-state index is 5.68. The van der Waals surface area contributed by atoms with Gasteiger partial charge in [-0.15, -0.1) is 0 Å². The van der Waals surface area contributed by atoms with Crippen LogP contribution in [0, 0.1) is 0 Å². The number of benzene rings is 1. The lowest BCUT2D eigenvalue weighted by atomic mass is 9.90. The smallest absolute Gasteiger partial charge is 0.0110 e. The van der Waals surface area contributed by atoms with E-state index in [-0.39, 0.29) is 0 Å². The first-order chi connectivity index (χ1) is 7.42. The highest BCUT2D eigenvalue weighted by molar-refractivity contribution is 7.08. The van der Waals surface area contributed by atoms with E-state index in [9.17, 15) is 0 Å². The van der Waals surface area contributed by atoms with Crippen LogP contribution in [0.1, 0.15) is 23.5 Å². The van der Waals surface area contributed by atoms with Gasteiger partial charge >= 0.3 is 0 Å². The van der Waals surface area contributed by atoms with E-state index in [2.05, 4.69) is 47.2 Å². The third kappa shape index (κ3) is 2.46. The van der Waals surface area contributed by atoms with Gasteiger partial charge in [-0.25, -0.2) is 0 Å². The lowest BCUT2D eigenvalue weighted by Crippen LogP contribution is -2.07. The molecule has 1 unspecified atom stereocenters. The van der Waals surface area contributed by atoms with Gasteiger partial charge in [-0.2, -0.15) is 11.3 Å². The van der Waals surface area contributed by atoms with Crippen LogP contribution in [0.15, 0.2) is 47.2 Å². The molecule has 0 bridgehead atoms. The molecule has 2 heteroatoms. The molecule has 1 aromatic carbocycles. The van der Waals surface area contributed by atoms with Crippen molar-refractivity contribution in [2.45, 2.75) is 12.3 Å². The van der Waals surface area contributed by atoms with Crippen molar-refractivity contribution in [2.24, 2.45) is 5.73 Å². The van der Waals surface area contributed by atoms with E-state index in [1.165, 1.54) is 11.1 Å². The zero-order chi connectivity index (χ0) is 10.5. The van der Waals surface area contributed by atoms with Crippen molar-refractivity contribution < 1.29 is 0 Å². The normalized spacial score (nSPS) is 12.6. The number of nitrogens with two attached hydrogens (primary N) is 1. The van der Waals surface area contributed by atoms with Gasteiger partial charge in [-0.1, -0.05) is 30.3 Å². The molecule has 1 aromatic heterocycles. The van der Waals surface area contributed by atoms with Gasteiger partial charge in [0.25, 0.3) is 0 Å². The van der Waals surface area contributed by atoms with Crippen molar-refractivity contribution in [3.63, 3.8) is 0 Å². The molecule has 2 rings (SSSR count). The zero-order valence-electron chi connectivity index (χ0n) is 8.60. The fourth-order valence-electron chi connectivity index (χ4n) is 1.85. The van der Waals surface area contributed by atoms with E-state index < -0.39 is 0 Å². The topological polar surface area (TPSA) is 26.0 Å². The van der Waals surface area contributed by atoms with Crippen molar-refractivity contribution in [2.75, 3.05) is 6.54 Å². The molecule has 0 spiro atoms. The monoisotopic (exact) mass is 217 g/mol. The maximum atomic E-state index is 5.68. The van der Waals surface area contributed by atoms with Crippen molar-refractivity contribution in [1.82, 2.24) is 0 Å². The summed E-state index contributed by atoms with van der Waals surface area (Å²) in [5.74, 6) is 0.461. The van der Waals surface area contributed by atoms with Gasteiger partial charge in [0.2, 0.25) is 0 Å². The molecule has 0 radical (unpaired) electrons. The molecule has 1 heterocycles. The van der Waals surface area contributed by atoms with Crippen molar-refractivity contribution in [3.8, 4) is 0 Å². The van der Waals surface area contributed by atoms with Gasteiger partial charge in [-0.3, -0.25) is 0 Å². The Bertz CT molecular complexity index is 380. The second-order valence-corrected chi connectivity index (χ2v) is 4.38. The Morgan fingerprint density at radius 3 is 2.47 bits per heavy atom. The molecular formula is C13H15NS. The molecule has 0 aliphatic carbocycles. The largest absolute Gasteiger partial charge is 0.330 e. The summed E-state index contributed by atoms with van der Waals surface area (Å²) in [5.41, 5.74) is 8.42. The molecule has 2 N–H and O–H groups in total. The standard InChI is InChI=1S/C13H15NS/c14-8-6-13(12-7-9-15-10-12)11-4-2-1-3-5-11/h1-5,7,9-10,13H,6,8,14H2. The SMILES string of the molecule is NCCC(c1ccccc1)c1ccsc1. The first kappa shape index (κ1) is 10.4. The van der Waals surface area contributed by atoms with Crippen LogP contribution < -0.4 is 5.73 Å². The fourth-order valence-corrected chi connectivity index (χ4v) is 2.57. The van der Waals surface area contributed by atoms with Crippen molar-refractivity contribution in [1.29, 1.82) is 0 Å². The molecular weight excluding hydrogens is 202 g/mol. The summed E-state index contributed by atoms with van der Waals surface area (Å²) in [6, 6.07) is 12.8. The molecule has 0 fully saturated rings. The number of hydrogen-bond acceptors (Lipinski definition) is 2. The van der Waals surface area contributed by atoms with Crippen LogP contribution in [-0.4, -0.2) is 6.54 Å². The molecule has 1 nitrogen and oxygen atoms in total. The lowest BCUT2D eigenvalue weighted by Gasteiger charge is -2.15. The Hall–Kier alpha value is -1.12. The Labute approximate surface area is 94.6 Å². The second kappa shape index (κ2) is 5.10. The molecule has 0 saturated carbocycles. The highest BCUT2D eigenvalue weighted by Gasteiger charge is 2.12. The summed E-state index contributed by atoms with van der Waals surface area (Å²) in [4.78, 5) is 0. The van der Waals surface area contributed by atoms with Crippen LogP contribution in [0.3, 0.4) is 0 Å². The van der Waals surface area contributed by atoms with Gasteiger partial charge in [0.15, 0.2) is 0 Å². The van der Waals surface area contributed by atoms with E-state index in [4.69, 9.17) is 5.73 Å². The highest BCUT2D eigenvalue weighted by atomic mass is 32.1. The van der Waals surface area contributed by atoms with Crippen LogP contribution >= 0.6 is 11.3 Å². The number of rotatable bonds is 4. The molecule has 1 atom stereocenters. The molecule has 15 heavy (non-hydrogen) atoms. The average molecular weight is 217 g/mol. The van der Waals surface area contributed by atoms with Crippen LogP contribution in [0.25, 0.3) is 0 Å². The third-order valence-electron chi connectivity index (χ3n) is 2.60. The molecule has 0 aliphatic rings. The average Bonchev–Trinajstić information content (AvgIpc) is 2.80. The van der Waals surface area contributed by atoms with E-state index in [0.717, 1.165) is 13.0 Å². The summed E-state index contributed by atoms with van der Waals surface area (Å²) in [5, 5.41) is 4.34. The number of thiophene rings is 1. The van der Waals surface area contributed by atoms with E-state index in [1.807, 2.05) is 0 Å². The summed E-state index contributed by atoms with van der Waals surface area (Å²) >= 11 is 1.75. The minimum absolute atomic E-state index is 0.461. The van der Waals surface area contributed by atoms with Gasteiger partial charge in [0.05, 0.1) is 0 Å². The van der Waals surface area contributed by atoms with E-state index in [0.29, 0.717) is 5.92 Å². The summed E-state index contributed by atoms with van der Waals surface area (Å²) in [6.07, 6.45) is 1.01. The molecule has 2 aromatic rings. The van der Waals surface area contributed by atoms with Crippen molar-refractivity contribution >= 4 is 11.3 Å². The van der Waals surface area contributed by atoms with Gasteiger partial charge in [0.1, 0.15) is 0 Å². The zero-order valence-corrected chi connectivity index (χ0v) is 9.41. The van der Waals surface area contributed by atoms with Crippen LogP contribution in [0.2, 0.25) is 0 Å². The van der Waals surface area contributed by atoms with Gasteiger partial charge < -0.3 is 5.73 Å². The predicted molar refractivity (Wildman–Crippen MR) is 66.3 cm³/mol. The van der Waals surface area contributed by atoms with E-state index in [1.54, 1.807) is 11.3 Å². The third-order valence-corrected chi connectivity index (χ3v) is 3.30. The summed E-state index contributed by atoms with van der Waals surface area (Å²) < 4.78 is 0. The summed E-state index contributed by atoms with van der Waals surface area (Å²) in [6.45, 7) is 0.732. The molecule has 0 saturated heterocycles. The van der Waals surface area contributed by atoms with E-state index >= 15 is 0 Å². The minimum Gasteiger partial charge on any atom is -0.330 e. The molecule has 0 amide bonds. The second-order valence-electron chi connectivity index (χ2n) is 3.60. The lowest BCUT2D eigenvalue weighted by molar-refractivity contribution is 0.728. The van der Waals surface area contributed by atoms with Gasteiger partial charge in [0, 0.05) is 5.92 Å². The maximum Gasteiger partial charge on any atom is 0.0110 e. The van der Waals surface area contributed by atoms with Gasteiger partial charge in [-0.05, 0) is 40.9 Å². The predicted octanol–water partition coefficient (Wildman–Crippen LogP) is 3.23. The summed E-state index contributed by atoms with van der Waals surface area (Å²) in [7, 11) is 0. The van der Waals surface area contributed by atoms with Crippen LogP contribution in [-0.2, 0) is 0 Å². The quantitative estimate of drug-likeness (QED) is 0.836. The molecule has 0 aliphatic heterocycles. The van der Waals surface area contributed by atoms with Crippen LogP contribution in [0.5, 0.6) is 0 Å². The highest BCUT2D eigenvalue weighted by Crippen LogP contribution is 2.28. The fraction of sp³-hybridized carbons (Fsp3) is 0.231. The number of hydrogen-bond donors (Lipinski definition) is 1.